The van der Waals surface area contributed by atoms with Crippen LogP contribution in [0.3, 0.4) is 0 Å². The lowest BCUT2D eigenvalue weighted by atomic mass is 10.3. The van der Waals surface area contributed by atoms with Crippen molar-refractivity contribution in [1.82, 2.24) is 0 Å². The van der Waals surface area contributed by atoms with E-state index in [0.29, 0.717) is 0 Å². The molecule has 64 valence electrons. The Balaban J connectivity index is 2.93. The summed E-state index contributed by atoms with van der Waals surface area (Å²) in [5.41, 5.74) is 6.00. The van der Waals surface area contributed by atoms with E-state index < -0.39 is 0 Å². The van der Waals surface area contributed by atoms with Crippen molar-refractivity contribution in [3.05, 3.63) is 22.7 Å². The summed E-state index contributed by atoms with van der Waals surface area (Å²) < 4.78 is 0.718. The Kier molecular flexibility index (Phi) is 2.88. The second-order valence-electron chi connectivity index (χ2n) is 2.15. The maximum Gasteiger partial charge on any atom is 0.168 e. The van der Waals surface area contributed by atoms with E-state index in [4.69, 9.17) is 10.8 Å². The molecule has 0 aliphatic carbocycles. The maximum atomic E-state index is 9.05. The van der Waals surface area contributed by atoms with Gasteiger partial charge >= 0.3 is 0 Å². The second-order valence-corrected chi connectivity index (χ2v) is 3.45. The molecule has 1 aromatic carbocycles. The van der Waals surface area contributed by atoms with Gasteiger partial charge in [-0.25, -0.2) is 0 Å². The zero-order chi connectivity index (χ0) is 9.14. The number of anilines is 1. The molecule has 0 radical (unpaired) electrons. The van der Waals surface area contributed by atoms with Gasteiger partial charge in [-0.15, -0.1) is 0 Å². The van der Waals surface area contributed by atoms with Gasteiger partial charge in [0.05, 0.1) is 5.69 Å². The van der Waals surface area contributed by atoms with Crippen LogP contribution in [-0.2, 0) is 0 Å². The predicted octanol–water partition coefficient (Wildman–Crippen LogP) is 1.81. The number of halogens is 1. The van der Waals surface area contributed by atoms with E-state index >= 15 is 0 Å². The molecule has 0 aliphatic rings. The Morgan fingerprint density at radius 1 is 1.58 bits per heavy atom. The number of hydrogen-bond acceptors (Lipinski definition) is 2. The predicted molar refractivity (Wildman–Crippen MR) is 56.2 cm³/mol. The van der Waals surface area contributed by atoms with Crippen molar-refractivity contribution < 1.29 is 5.11 Å². The molecule has 0 atom stereocenters. The Morgan fingerprint density at radius 3 is 2.75 bits per heavy atom. The zero-order valence-electron chi connectivity index (χ0n) is 6.04. The first kappa shape index (κ1) is 9.28. The number of hydrogen-bond donors (Lipinski definition) is 3. The summed E-state index contributed by atoms with van der Waals surface area (Å²) in [6, 6.07) is 4.78. The monoisotopic (exact) mass is 246 g/mol. The average Bonchev–Trinajstić information content (AvgIpc) is 1.94. The summed E-state index contributed by atoms with van der Waals surface area (Å²) in [6.45, 7) is 0. The first-order chi connectivity index (χ1) is 5.59. The average molecular weight is 247 g/mol. The number of phenols is 1. The molecule has 0 saturated heterocycles. The fourth-order valence-corrected chi connectivity index (χ4v) is 1.31. The largest absolute Gasteiger partial charge is 0.508 e. The minimum Gasteiger partial charge on any atom is -0.508 e. The first-order valence-electron chi connectivity index (χ1n) is 3.14. The van der Waals surface area contributed by atoms with E-state index in [0.717, 1.165) is 10.2 Å². The minimum atomic E-state index is 0.190. The van der Waals surface area contributed by atoms with Gasteiger partial charge in [-0.1, -0.05) is 0 Å². The summed E-state index contributed by atoms with van der Waals surface area (Å²) in [6.07, 6.45) is 0. The number of nitrogens with one attached hydrogen (secondary N) is 1. The van der Waals surface area contributed by atoms with Crippen LogP contribution < -0.4 is 11.1 Å². The highest BCUT2D eigenvalue weighted by Crippen LogP contribution is 2.26. The molecular formula is C7H7BrN2OS. The van der Waals surface area contributed by atoms with Crippen molar-refractivity contribution in [3.63, 3.8) is 0 Å². The van der Waals surface area contributed by atoms with Gasteiger partial charge in [0.1, 0.15) is 5.75 Å². The van der Waals surface area contributed by atoms with Crippen LogP contribution in [0.2, 0.25) is 0 Å². The summed E-state index contributed by atoms with van der Waals surface area (Å²) >= 11 is 7.89. The van der Waals surface area contributed by atoms with E-state index in [1.807, 2.05) is 0 Å². The number of benzene rings is 1. The fraction of sp³-hybridized carbons (Fsp3) is 0. The van der Waals surface area contributed by atoms with Gasteiger partial charge in [0.15, 0.2) is 5.11 Å². The van der Waals surface area contributed by atoms with Crippen LogP contribution in [-0.4, -0.2) is 10.2 Å². The minimum absolute atomic E-state index is 0.190. The van der Waals surface area contributed by atoms with Crippen molar-refractivity contribution in [3.8, 4) is 5.75 Å². The maximum absolute atomic E-state index is 9.05. The van der Waals surface area contributed by atoms with Gasteiger partial charge in [-0.3, -0.25) is 0 Å². The smallest absolute Gasteiger partial charge is 0.168 e. The van der Waals surface area contributed by atoms with E-state index in [2.05, 4.69) is 33.5 Å². The number of phenolic OH excluding ortho intramolecular Hbond substituents is 1. The topological polar surface area (TPSA) is 58.3 Å². The van der Waals surface area contributed by atoms with Crippen LogP contribution in [0.25, 0.3) is 0 Å². The summed E-state index contributed by atoms with van der Waals surface area (Å²) in [4.78, 5) is 0. The normalized spacial score (nSPS) is 9.42. The molecule has 1 aromatic rings. The third-order valence-corrected chi connectivity index (χ3v) is 1.97. The van der Waals surface area contributed by atoms with Crippen molar-refractivity contribution in [2.45, 2.75) is 0 Å². The first-order valence-corrected chi connectivity index (χ1v) is 4.34. The Bertz CT molecular complexity index is 316. The van der Waals surface area contributed by atoms with Crippen LogP contribution in [0.1, 0.15) is 0 Å². The van der Waals surface area contributed by atoms with Crippen LogP contribution in [0.5, 0.6) is 5.75 Å². The molecule has 1 rings (SSSR count). The fourth-order valence-electron chi connectivity index (χ4n) is 0.738. The highest BCUT2D eigenvalue weighted by Gasteiger charge is 2.00. The molecule has 4 N–H and O–H groups in total. The summed E-state index contributed by atoms with van der Waals surface area (Å²) in [7, 11) is 0. The van der Waals surface area contributed by atoms with E-state index in [9.17, 15) is 0 Å². The van der Waals surface area contributed by atoms with Gasteiger partial charge in [0.2, 0.25) is 0 Å². The van der Waals surface area contributed by atoms with Gasteiger partial charge < -0.3 is 16.2 Å². The molecule has 0 heterocycles. The highest BCUT2D eigenvalue weighted by atomic mass is 79.9. The van der Waals surface area contributed by atoms with Crippen molar-refractivity contribution in [2.75, 3.05) is 5.32 Å². The van der Waals surface area contributed by atoms with Crippen LogP contribution >= 0.6 is 28.1 Å². The number of nitrogens with two attached hydrogens (primary N) is 1. The highest BCUT2D eigenvalue weighted by molar-refractivity contribution is 9.10. The third-order valence-electron chi connectivity index (χ3n) is 1.21. The molecule has 0 fully saturated rings. The molecular weight excluding hydrogens is 240 g/mol. The molecule has 5 heteroatoms. The Labute approximate surface area is 83.7 Å². The molecule has 0 aliphatic heterocycles. The van der Waals surface area contributed by atoms with E-state index in [1.165, 1.54) is 0 Å². The number of aromatic hydroxyl groups is 1. The Hall–Kier alpha value is -0.810. The Morgan fingerprint density at radius 2 is 2.25 bits per heavy atom. The van der Waals surface area contributed by atoms with Gasteiger partial charge in [0, 0.05) is 4.47 Å². The van der Waals surface area contributed by atoms with Gasteiger partial charge in [0.25, 0.3) is 0 Å². The van der Waals surface area contributed by atoms with Crippen LogP contribution in [0.4, 0.5) is 5.69 Å². The number of thiocarbonyl (C=S) groups is 1. The van der Waals surface area contributed by atoms with Gasteiger partial charge in [-0.2, -0.15) is 0 Å². The van der Waals surface area contributed by atoms with Crippen molar-refractivity contribution in [2.24, 2.45) is 5.73 Å². The lowest BCUT2D eigenvalue weighted by Gasteiger charge is -2.05. The zero-order valence-corrected chi connectivity index (χ0v) is 8.45. The molecule has 12 heavy (non-hydrogen) atoms. The SMILES string of the molecule is NC(=S)Nc1ccc(O)cc1Br. The standard InChI is InChI=1S/C7H7BrN2OS/c8-5-3-4(11)1-2-6(5)10-7(9)12/h1-3,11H,(H3,9,10,12). The molecule has 3 nitrogen and oxygen atoms in total. The van der Waals surface area contributed by atoms with E-state index in [-0.39, 0.29) is 10.9 Å². The van der Waals surface area contributed by atoms with Crippen molar-refractivity contribution >= 4 is 38.9 Å². The van der Waals surface area contributed by atoms with E-state index in [1.54, 1.807) is 18.2 Å². The lowest BCUT2D eigenvalue weighted by molar-refractivity contribution is 0.475. The molecule has 0 spiro atoms. The quantitative estimate of drug-likeness (QED) is 0.523. The summed E-state index contributed by atoms with van der Waals surface area (Å²) in [5, 5.41) is 12.0. The lowest BCUT2D eigenvalue weighted by Crippen LogP contribution is -2.19. The number of rotatable bonds is 1. The molecule has 0 amide bonds. The molecule has 0 unspecified atom stereocenters. The molecule has 0 saturated carbocycles. The van der Waals surface area contributed by atoms with Crippen LogP contribution in [0, 0.1) is 0 Å². The van der Waals surface area contributed by atoms with Crippen molar-refractivity contribution in [1.29, 1.82) is 0 Å². The summed E-state index contributed by atoms with van der Waals surface area (Å²) in [5.74, 6) is 0.190. The second kappa shape index (κ2) is 3.73. The van der Waals surface area contributed by atoms with Gasteiger partial charge in [-0.05, 0) is 46.3 Å². The van der Waals surface area contributed by atoms with Crippen LogP contribution in [0.15, 0.2) is 22.7 Å². The molecule has 0 aromatic heterocycles. The third kappa shape index (κ3) is 2.35. The molecule has 0 bridgehead atoms.